The van der Waals surface area contributed by atoms with E-state index in [0.29, 0.717) is 12.4 Å². The van der Waals surface area contributed by atoms with Gasteiger partial charge >= 0.3 is 0 Å². The van der Waals surface area contributed by atoms with Crippen molar-refractivity contribution in [1.29, 1.82) is 0 Å². The van der Waals surface area contributed by atoms with Crippen molar-refractivity contribution in [2.45, 2.75) is 19.4 Å². The molecule has 0 aliphatic rings. The zero-order valence-corrected chi connectivity index (χ0v) is 7.81. The third-order valence-corrected chi connectivity index (χ3v) is 1.69. The topological polar surface area (TPSA) is 61.0 Å². The maximum Gasteiger partial charge on any atom is 0.144 e. The van der Waals surface area contributed by atoms with Crippen LogP contribution in [0.3, 0.4) is 0 Å². The molecule has 0 radical (unpaired) electrons. The molecular weight excluding hydrogens is 166 g/mol. The lowest BCUT2D eigenvalue weighted by molar-refractivity contribution is 0.139. The van der Waals surface area contributed by atoms with Crippen molar-refractivity contribution in [2.75, 3.05) is 13.2 Å². The molecule has 13 heavy (non-hydrogen) atoms. The van der Waals surface area contributed by atoms with Gasteiger partial charge in [0.05, 0.1) is 6.04 Å². The molecule has 0 fully saturated rings. The molecule has 72 valence electrons. The van der Waals surface area contributed by atoms with E-state index in [1.165, 1.54) is 0 Å². The van der Waals surface area contributed by atoms with Crippen LogP contribution in [0.5, 0.6) is 0 Å². The Morgan fingerprint density at radius 3 is 2.77 bits per heavy atom. The Labute approximate surface area is 78.1 Å². The van der Waals surface area contributed by atoms with E-state index >= 15 is 0 Å². The molecule has 4 nitrogen and oxygen atoms in total. The molecule has 0 aliphatic carbocycles. The van der Waals surface area contributed by atoms with Gasteiger partial charge in [-0.05, 0) is 19.4 Å². The Morgan fingerprint density at radius 1 is 1.46 bits per heavy atom. The predicted molar refractivity (Wildman–Crippen MR) is 50.1 cm³/mol. The van der Waals surface area contributed by atoms with Gasteiger partial charge in [-0.3, -0.25) is 0 Å². The van der Waals surface area contributed by atoms with Gasteiger partial charge in [-0.2, -0.15) is 0 Å². The van der Waals surface area contributed by atoms with Gasteiger partial charge in [-0.15, -0.1) is 0 Å². The highest BCUT2D eigenvalue weighted by atomic mass is 16.5. The highest BCUT2D eigenvalue weighted by Gasteiger charge is 2.07. The molecule has 0 aromatic carbocycles. The second kappa shape index (κ2) is 5.61. The van der Waals surface area contributed by atoms with Gasteiger partial charge in [0.1, 0.15) is 5.82 Å². The summed E-state index contributed by atoms with van der Waals surface area (Å²) in [6.45, 7) is 3.35. The van der Waals surface area contributed by atoms with Crippen LogP contribution in [0.4, 0.5) is 0 Å². The van der Waals surface area contributed by atoms with Gasteiger partial charge in [0.2, 0.25) is 0 Å². The quantitative estimate of drug-likeness (QED) is 0.686. The van der Waals surface area contributed by atoms with Crippen LogP contribution < -0.4 is 5.73 Å². The first-order valence-corrected chi connectivity index (χ1v) is 4.44. The first-order chi connectivity index (χ1) is 6.34. The van der Waals surface area contributed by atoms with Crippen molar-refractivity contribution in [3.8, 4) is 0 Å². The molecule has 0 amide bonds. The molecule has 0 aliphatic heterocycles. The number of nitrogens with two attached hydrogens (primary N) is 1. The summed E-state index contributed by atoms with van der Waals surface area (Å²) < 4.78 is 5.19. The fourth-order valence-corrected chi connectivity index (χ4v) is 0.986. The molecule has 1 unspecified atom stereocenters. The minimum Gasteiger partial charge on any atom is -0.382 e. The molecule has 0 saturated carbocycles. The fraction of sp³-hybridized carbons (Fsp3) is 0.556. The summed E-state index contributed by atoms with van der Waals surface area (Å²) in [7, 11) is 0. The first-order valence-electron chi connectivity index (χ1n) is 4.44. The Balaban J connectivity index is 2.35. The van der Waals surface area contributed by atoms with Crippen molar-refractivity contribution >= 4 is 0 Å². The molecule has 1 atom stereocenters. The van der Waals surface area contributed by atoms with E-state index in [0.717, 1.165) is 13.0 Å². The smallest absolute Gasteiger partial charge is 0.144 e. The maximum absolute atomic E-state index is 5.83. The van der Waals surface area contributed by atoms with Crippen molar-refractivity contribution in [2.24, 2.45) is 5.73 Å². The van der Waals surface area contributed by atoms with Crippen molar-refractivity contribution in [1.82, 2.24) is 9.97 Å². The van der Waals surface area contributed by atoms with Crippen LogP contribution in [-0.4, -0.2) is 23.2 Å². The molecule has 0 bridgehead atoms. The maximum atomic E-state index is 5.83. The average molecular weight is 181 g/mol. The largest absolute Gasteiger partial charge is 0.382 e. The molecular formula is C9H15N3O. The van der Waals surface area contributed by atoms with E-state index in [9.17, 15) is 0 Å². The first kappa shape index (κ1) is 10.1. The molecule has 0 saturated heterocycles. The van der Waals surface area contributed by atoms with E-state index in [4.69, 9.17) is 10.5 Å². The summed E-state index contributed by atoms with van der Waals surface area (Å²) in [4.78, 5) is 8.13. The Hall–Kier alpha value is -1.00. The monoisotopic (exact) mass is 181 g/mol. The zero-order valence-electron chi connectivity index (χ0n) is 7.81. The van der Waals surface area contributed by atoms with Crippen molar-refractivity contribution < 1.29 is 4.74 Å². The predicted octanol–water partition coefficient (Wildman–Crippen LogP) is 0.903. The summed E-state index contributed by atoms with van der Waals surface area (Å²) in [5, 5.41) is 0. The third-order valence-electron chi connectivity index (χ3n) is 1.69. The zero-order chi connectivity index (χ0) is 9.52. The Bertz CT molecular complexity index is 228. The van der Waals surface area contributed by atoms with Crippen LogP contribution in [0.15, 0.2) is 18.5 Å². The van der Waals surface area contributed by atoms with Gasteiger partial charge in [-0.25, -0.2) is 9.97 Å². The SMILES string of the molecule is CCOCCC(N)c1ncccn1. The summed E-state index contributed by atoms with van der Waals surface area (Å²) >= 11 is 0. The summed E-state index contributed by atoms with van der Waals surface area (Å²) in [6, 6.07) is 1.66. The second-order valence-corrected chi connectivity index (χ2v) is 2.70. The van der Waals surface area contributed by atoms with E-state index in [1.54, 1.807) is 18.5 Å². The second-order valence-electron chi connectivity index (χ2n) is 2.70. The molecule has 1 aromatic heterocycles. The molecule has 0 spiro atoms. The highest BCUT2D eigenvalue weighted by molar-refractivity contribution is 4.94. The van der Waals surface area contributed by atoms with E-state index in [1.807, 2.05) is 6.92 Å². The number of aromatic nitrogens is 2. The molecule has 1 heterocycles. The number of hydrogen-bond acceptors (Lipinski definition) is 4. The lowest BCUT2D eigenvalue weighted by Crippen LogP contribution is -2.15. The molecule has 1 rings (SSSR count). The van der Waals surface area contributed by atoms with Crippen LogP contribution in [0.25, 0.3) is 0 Å². The third kappa shape index (κ3) is 3.48. The lowest BCUT2D eigenvalue weighted by Gasteiger charge is -2.08. The summed E-state index contributed by atoms with van der Waals surface area (Å²) in [5.74, 6) is 0.683. The average Bonchev–Trinajstić information content (AvgIpc) is 2.19. The number of nitrogens with zero attached hydrogens (tertiary/aromatic N) is 2. The Kier molecular flexibility index (Phi) is 4.35. The molecule has 4 heteroatoms. The minimum absolute atomic E-state index is 0.118. The standard InChI is InChI=1S/C9H15N3O/c1-2-13-7-4-8(10)9-11-5-3-6-12-9/h3,5-6,8H,2,4,7,10H2,1H3. The van der Waals surface area contributed by atoms with Crippen molar-refractivity contribution in [3.63, 3.8) is 0 Å². The number of hydrogen-bond donors (Lipinski definition) is 1. The van der Waals surface area contributed by atoms with Gasteiger partial charge in [0.25, 0.3) is 0 Å². The summed E-state index contributed by atoms with van der Waals surface area (Å²) in [6.07, 6.45) is 4.16. The van der Waals surface area contributed by atoms with Crippen LogP contribution >= 0.6 is 0 Å². The van der Waals surface area contributed by atoms with Gasteiger partial charge in [0.15, 0.2) is 0 Å². The van der Waals surface area contributed by atoms with E-state index < -0.39 is 0 Å². The van der Waals surface area contributed by atoms with Gasteiger partial charge in [-0.1, -0.05) is 0 Å². The molecule has 2 N–H and O–H groups in total. The molecule has 1 aromatic rings. The normalized spacial score (nSPS) is 12.8. The number of rotatable bonds is 5. The van der Waals surface area contributed by atoms with Crippen LogP contribution in [0.2, 0.25) is 0 Å². The highest BCUT2D eigenvalue weighted by Crippen LogP contribution is 2.06. The minimum atomic E-state index is -0.118. The summed E-state index contributed by atoms with van der Waals surface area (Å²) in [5.41, 5.74) is 5.83. The number of ether oxygens (including phenoxy) is 1. The van der Waals surface area contributed by atoms with Gasteiger partial charge in [0, 0.05) is 25.6 Å². The van der Waals surface area contributed by atoms with Gasteiger partial charge < -0.3 is 10.5 Å². The lowest BCUT2D eigenvalue weighted by atomic mass is 10.2. The van der Waals surface area contributed by atoms with Crippen LogP contribution in [-0.2, 0) is 4.74 Å². The van der Waals surface area contributed by atoms with E-state index in [-0.39, 0.29) is 6.04 Å². The van der Waals surface area contributed by atoms with Crippen molar-refractivity contribution in [3.05, 3.63) is 24.3 Å². The van der Waals surface area contributed by atoms with E-state index in [2.05, 4.69) is 9.97 Å². The fourth-order valence-electron chi connectivity index (χ4n) is 0.986. The van der Waals surface area contributed by atoms with Crippen LogP contribution in [0, 0.1) is 0 Å². The van der Waals surface area contributed by atoms with Crippen LogP contribution in [0.1, 0.15) is 25.2 Å². The Morgan fingerprint density at radius 2 is 2.15 bits per heavy atom.